The number of likely N-dealkylation sites (N-methyl/N-ethyl adjacent to an activating group) is 1. The normalized spacial score (nSPS) is 14.2. The van der Waals surface area contributed by atoms with Crippen molar-refractivity contribution in [2.45, 2.75) is 13.8 Å². The van der Waals surface area contributed by atoms with Gasteiger partial charge in [-0.05, 0) is 38.1 Å². The number of hydrogen-bond donors (Lipinski definition) is 2. The Kier molecular flexibility index (Phi) is 7.89. The molecule has 2 N–H and O–H groups in total. The number of ether oxygens (including phenoxy) is 1. The predicted octanol–water partition coefficient (Wildman–Crippen LogP) is 1.20. The van der Waals surface area contributed by atoms with Crippen LogP contribution in [0.3, 0.4) is 0 Å². The van der Waals surface area contributed by atoms with E-state index >= 15 is 0 Å². The highest BCUT2D eigenvalue weighted by molar-refractivity contribution is 5.94. The summed E-state index contributed by atoms with van der Waals surface area (Å²) in [4.78, 5) is 29.9. The van der Waals surface area contributed by atoms with Crippen LogP contribution >= 0.6 is 0 Å². The maximum Gasteiger partial charge on any atom is 0.277 e. The smallest absolute Gasteiger partial charge is 0.277 e. The van der Waals surface area contributed by atoms with E-state index in [1.54, 1.807) is 7.05 Å². The summed E-state index contributed by atoms with van der Waals surface area (Å²) in [5, 5.41) is 2.84. The zero-order chi connectivity index (χ0) is 22.2. The van der Waals surface area contributed by atoms with E-state index in [0.717, 1.165) is 48.9 Å². The third-order valence-electron chi connectivity index (χ3n) is 5.52. The summed E-state index contributed by atoms with van der Waals surface area (Å²) in [5.41, 5.74) is 2.99. The van der Waals surface area contributed by atoms with Crippen LogP contribution in [0, 0.1) is 6.92 Å². The van der Waals surface area contributed by atoms with Crippen molar-refractivity contribution in [1.29, 1.82) is 0 Å². The Balaban J connectivity index is 1.45. The molecule has 0 saturated carbocycles. The second-order valence-electron chi connectivity index (χ2n) is 7.98. The Morgan fingerprint density at radius 2 is 1.77 bits per heavy atom. The highest BCUT2D eigenvalue weighted by Crippen LogP contribution is 2.27. The molecular formula is C24H33N4O3+. The molecule has 1 saturated heterocycles. The average molecular weight is 426 g/mol. The second-order valence-corrected chi connectivity index (χ2v) is 7.98. The number of carbonyl (C=O) groups excluding carboxylic acids is 2. The minimum Gasteiger partial charge on any atom is -0.492 e. The molecule has 7 nitrogen and oxygen atoms in total. The van der Waals surface area contributed by atoms with Crippen molar-refractivity contribution in [3.8, 4) is 5.75 Å². The SMILES string of the molecule is CCOc1ccccc1N1CC[NH+](CC(=O)N(C)CC(=O)Nc2ccc(C)cc2)CC1. The van der Waals surface area contributed by atoms with Crippen LogP contribution in [-0.4, -0.2) is 69.6 Å². The molecule has 0 bridgehead atoms. The molecule has 2 aromatic rings. The van der Waals surface area contributed by atoms with E-state index in [2.05, 4.69) is 16.3 Å². The van der Waals surface area contributed by atoms with E-state index in [-0.39, 0.29) is 18.4 Å². The minimum atomic E-state index is -0.188. The van der Waals surface area contributed by atoms with Gasteiger partial charge in [-0.25, -0.2) is 0 Å². The number of benzene rings is 2. The van der Waals surface area contributed by atoms with Crippen molar-refractivity contribution in [3.63, 3.8) is 0 Å². The van der Waals surface area contributed by atoms with Gasteiger partial charge in [-0.1, -0.05) is 29.8 Å². The lowest BCUT2D eigenvalue weighted by Gasteiger charge is -2.34. The first kappa shape index (κ1) is 22.6. The number of amides is 2. The summed E-state index contributed by atoms with van der Waals surface area (Å²) >= 11 is 0. The fourth-order valence-corrected chi connectivity index (χ4v) is 3.73. The van der Waals surface area contributed by atoms with E-state index in [4.69, 9.17) is 4.74 Å². The summed E-state index contributed by atoms with van der Waals surface area (Å²) in [5.74, 6) is 0.702. The number of hydrogen-bond acceptors (Lipinski definition) is 4. The van der Waals surface area contributed by atoms with Crippen molar-refractivity contribution >= 4 is 23.2 Å². The zero-order valence-corrected chi connectivity index (χ0v) is 18.7. The molecule has 0 unspecified atom stereocenters. The number of anilines is 2. The Labute approximate surface area is 184 Å². The van der Waals surface area contributed by atoms with Crippen LogP contribution in [0.15, 0.2) is 48.5 Å². The first-order valence-corrected chi connectivity index (χ1v) is 10.9. The monoisotopic (exact) mass is 425 g/mol. The molecule has 0 aromatic heterocycles. The number of nitrogens with one attached hydrogen (secondary N) is 2. The van der Waals surface area contributed by atoms with Gasteiger partial charge >= 0.3 is 0 Å². The standard InChI is InChI=1S/C24H32N4O3/c1-4-31-22-8-6-5-7-21(22)28-15-13-27(14-16-28)18-24(30)26(3)17-23(29)25-20-11-9-19(2)10-12-20/h5-12H,4,13-18H2,1-3H3,(H,25,29)/p+1. The number of rotatable bonds is 8. The quantitative estimate of drug-likeness (QED) is 0.667. The predicted molar refractivity (Wildman–Crippen MR) is 123 cm³/mol. The number of para-hydroxylation sites is 2. The van der Waals surface area contributed by atoms with Gasteiger partial charge in [0.2, 0.25) is 5.91 Å². The molecule has 2 amide bonds. The molecule has 1 heterocycles. The fourth-order valence-electron chi connectivity index (χ4n) is 3.73. The highest BCUT2D eigenvalue weighted by Gasteiger charge is 2.25. The first-order valence-electron chi connectivity index (χ1n) is 10.9. The van der Waals surface area contributed by atoms with Crippen molar-refractivity contribution < 1.29 is 19.2 Å². The molecule has 31 heavy (non-hydrogen) atoms. The van der Waals surface area contributed by atoms with Crippen molar-refractivity contribution in [2.24, 2.45) is 0 Å². The molecule has 0 radical (unpaired) electrons. The minimum absolute atomic E-state index is 0.0165. The number of piperazine rings is 1. The Morgan fingerprint density at radius 1 is 1.10 bits per heavy atom. The van der Waals surface area contributed by atoms with Crippen LogP contribution in [0.2, 0.25) is 0 Å². The molecule has 3 rings (SSSR count). The Bertz CT molecular complexity index is 877. The van der Waals surface area contributed by atoms with Gasteiger partial charge in [-0.2, -0.15) is 0 Å². The van der Waals surface area contributed by atoms with Crippen LogP contribution in [-0.2, 0) is 9.59 Å². The molecule has 166 valence electrons. The summed E-state index contributed by atoms with van der Waals surface area (Å²) in [6.45, 7) is 8.55. The summed E-state index contributed by atoms with van der Waals surface area (Å²) in [6, 6.07) is 15.7. The van der Waals surface area contributed by atoms with E-state index in [1.165, 1.54) is 9.80 Å². The maximum atomic E-state index is 12.6. The van der Waals surface area contributed by atoms with Gasteiger partial charge in [0.05, 0.1) is 45.0 Å². The van der Waals surface area contributed by atoms with E-state index < -0.39 is 0 Å². The highest BCUT2D eigenvalue weighted by atomic mass is 16.5. The Hall–Kier alpha value is -3.06. The summed E-state index contributed by atoms with van der Waals surface area (Å²) in [7, 11) is 1.69. The second kappa shape index (κ2) is 10.8. The van der Waals surface area contributed by atoms with E-state index in [0.29, 0.717) is 13.2 Å². The maximum absolute atomic E-state index is 12.6. The zero-order valence-electron chi connectivity index (χ0n) is 18.7. The van der Waals surface area contributed by atoms with Crippen LogP contribution in [0.1, 0.15) is 12.5 Å². The number of nitrogens with zero attached hydrogens (tertiary/aromatic N) is 2. The third-order valence-corrected chi connectivity index (χ3v) is 5.52. The molecule has 0 aliphatic carbocycles. The van der Waals surface area contributed by atoms with Crippen LogP contribution in [0.5, 0.6) is 5.75 Å². The molecule has 2 aromatic carbocycles. The van der Waals surface area contributed by atoms with Crippen molar-refractivity contribution in [3.05, 3.63) is 54.1 Å². The molecule has 1 aliphatic rings. The third kappa shape index (κ3) is 6.46. The molecule has 0 atom stereocenters. The number of quaternary nitrogens is 1. The van der Waals surface area contributed by atoms with Gasteiger partial charge in [-0.3, -0.25) is 9.59 Å². The van der Waals surface area contributed by atoms with E-state index in [1.807, 2.05) is 56.3 Å². The average Bonchev–Trinajstić information content (AvgIpc) is 2.76. The Morgan fingerprint density at radius 3 is 2.45 bits per heavy atom. The topological polar surface area (TPSA) is 66.3 Å². The van der Waals surface area contributed by atoms with Gasteiger partial charge in [0.25, 0.3) is 5.91 Å². The number of carbonyl (C=O) groups is 2. The summed E-state index contributed by atoms with van der Waals surface area (Å²) in [6.07, 6.45) is 0. The van der Waals surface area contributed by atoms with Crippen molar-refractivity contribution in [2.75, 3.05) is 63.1 Å². The lowest BCUT2D eigenvalue weighted by molar-refractivity contribution is -0.892. The van der Waals surface area contributed by atoms with Crippen LogP contribution < -0.4 is 19.9 Å². The van der Waals surface area contributed by atoms with Gasteiger partial charge in [0, 0.05) is 12.7 Å². The van der Waals surface area contributed by atoms with Gasteiger partial charge in [-0.15, -0.1) is 0 Å². The summed E-state index contributed by atoms with van der Waals surface area (Å²) < 4.78 is 5.75. The molecule has 7 heteroatoms. The van der Waals surface area contributed by atoms with Gasteiger partial charge in [0.1, 0.15) is 5.75 Å². The van der Waals surface area contributed by atoms with Gasteiger partial charge < -0.3 is 24.8 Å². The molecule has 0 spiro atoms. The molecule has 1 aliphatic heterocycles. The number of aryl methyl sites for hydroxylation is 1. The first-order chi connectivity index (χ1) is 15.0. The van der Waals surface area contributed by atoms with Crippen molar-refractivity contribution in [1.82, 2.24) is 4.90 Å². The van der Waals surface area contributed by atoms with Crippen LogP contribution in [0.4, 0.5) is 11.4 Å². The lowest BCUT2D eigenvalue weighted by Crippen LogP contribution is -3.15. The van der Waals surface area contributed by atoms with E-state index in [9.17, 15) is 9.59 Å². The molecular weight excluding hydrogens is 392 g/mol. The van der Waals surface area contributed by atoms with Crippen LogP contribution in [0.25, 0.3) is 0 Å². The molecule has 1 fully saturated rings. The van der Waals surface area contributed by atoms with Gasteiger partial charge in [0.15, 0.2) is 6.54 Å². The largest absolute Gasteiger partial charge is 0.492 e. The fraction of sp³-hybridized carbons (Fsp3) is 0.417. The lowest BCUT2D eigenvalue weighted by atomic mass is 10.2.